The summed E-state index contributed by atoms with van der Waals surface area (Å²) in [6, 6.07) is 3.69. The predicted octanol–water partition coefficient (Wildman–Crippen LogP) is 1.61. The van der Waals surface area contributed by atoms with Gasteiger partial charge in [0.2, 0.25) is 5.91 Å². The Morgan fingerprint density at radius 1 is 1.10 bits per heavy atom. The lowest BCUT2D eigenvalue weighted by Crippen LogP contribution is -2.49. The van der Waals surface area contributed by atoms with Crippen molar-refractivity contribution in [2.45, 2.75) is 6.42 Å². The molecule has 0 saturated carbocycles. The Kier molecular flexibility index (Phi) is 7.68. The van der Waals surface area contributed by atoms with Gasteiger partial charge in [-0.15, -0.1) is 0 Å². The number of carbonyl (C=O) groups excluding carboxylic acids is 1. The van der Waals surface area contributed by atoms with Gasteiger partial charge in [0.1, 0.15) is 12.4 Å². The number of aromatic nitrogens is 3. The molecule has 2 aromatic rings. The van der Waals surface area contributed by atoms with Crippen LogP contribution in [0.4, 0.5) is 5.82 Å². The van der Waals surface area contributed by atoms with E-state index in [-0.39, 0.29) is 29.9 Å². The molecule has 0 bridgehead atoms. The summed E-state index contributed by atoms with van der Waals surface area (Å²) in [7, 11) is 0. The molecule has 0 spiro atoms. The number of pyridine rings is 1. The van der Waals surface area contributed by atoms with Crippen molar-refractivity contribution in [2.75, 3.05) is 50.9 Å². The van der Waals surface area contributed by atoms with Gasteiger partial charge in [0.05, 0.1) is 30.9 Å². The minimum Gasteiger partial charge on any atom is -0.488 e. The van der Waals surface area contributed by atoms with Crippen LogP contribution < -0.4 is 15.2 Å². The Labute approximate surface area is 177 Å². The summed E-state index contributed by atoms with van der Waals surface area (Å²) in [6.07, 6.45) is 3.24. The number of piperazine rings is 1. The van der Waals surface area contributed by atoms with Crippen LogP contribution in [0.5, 0.6) is 5.75 Å². The number of amides is 1. The highest BCUT2D eigenvalue weighted by Crippen LogP contribution is 2.17. The lowest BCUT2D eigenvalue weighted by Gasteiger charge is -2.35. The Bertz CT molecular complexity index is 869. The van der Waals surface area contributed by atoms with E-state index in [0.29, 0.717) is 31.1 Å². The van der Waals surface area contributed by atoms with E-state index in [1.807, 2.05) is 17.0 Å². The van der Waals surface area contributed by atoms with E-state index in [2.05, 4.69) is 20.1 Å². The Morgan fingerprint density at radius 3 is 2.62 bits per heavy atom. The molecule has 2 aromatic heterocycles. The maximum Gasteiger partial charge on any atom is 0.286 e. The largest absolute Gasteiger partial charge is 0.488 e. The summed E-state index contributed by atoms with van der Waals surface area (Å²) in [4.78, 5) is 31.9. The van der Waals surface area contributed by atoms with E-state index in [4.69, 9.17) is 32.7 Å². The van der Waals surface area contributed by atoms with Crippen molar-refractivity contribution < 1.29 is 14.3 Å². The lowest BCUT2D eigenvalue weighted by molar-refractivity contribution is -0.132. The zero-order chi connectivity index (χ0) is 20.6. The van der Waals surface area contributed by atoms with Gasteiger partial charge in [-0.2, -0.15) is 5.10 Å². The van der Waals surface area contributed by atoms with Crippen molar-refractivity contribution in [1.29, 1.82) is 0 Å². The molecule has 11 heteroatoms. The molecule has 1 N–H and O–H groups in total. The summed E-state index contributed by atoms with van der Waals surface area (Å²) < 4.78 is 10.8. The third-order valence-electron chi connectivity index (χ3n) is 4.38. The van der Waals surface area contributed by atoms with Crippen LogP contribution in [0.3, 0.4) is 0 Å². The number of aromatic amines is 1. The molecule has 0 aliphatic carbocycles. The zero-order valence-electron chi connectivity index (χ0n) is 15.6. The summed E-state index contributed by atoms with van der Waals surface area (Å²) in [5, 5.41) is 6.37. The number of halogens is 2. The number of anilines is 1. The fourth-order valence-electron chi connectivity index (χ4n) is 2.84. The average Bonchev–Trinajstić information content (AvgIpc) is 2.74. The smallest absolute Gasteiger partial charge is 0.286 e. The predicted molar refractivity (Wildman–Crippen MR) is 109 cm³/mol. The highest BCUT2D eigenvalue weighted by atomic mass is 35.5. The fraction of sp³-hybridized carbons (Fsp3) is 0.444. The van der Waals surface area contributed by atoms with Crippen LogP contribution in [-0.4, -0.2) is 72.0 Å². The number of nitrogens with one attached hydrogen (secondary N) is 1. The van der Waals surface area contributed by atoms with E-state index >= 15 is 0 Å². The second-order valence-electron chi connectivity index (χ2n) is 6.29. The van der Waals surface area contributed by atoms with Gasteiger partial charge in [-0.05, 0) is 12.1 Å². The average molecular weight is 442 g/mol. The van der Waals surface area contributed by atoms with Crippen molar-refractivity contribution >= 4 is 34.9 Å². The minimum atomic E-state index is -0.511. The van der Waals surface area contributed by atoms with Gasteiger partial charge in [-0.25, -0.2) is 10.1 Å². The highest BCUT2D eigenvalue weighted by molar-refractivity contribution is 6.31. The van der Waals surface area contributed by atoms with Crippen molar-refractivity contribution in [2.24, 2.45) is 0 Å². The van der Waals surface area contributed by atoms with Crippen LogP contribution in [0.25, 0.3) is 0 Å². The zero-order valence-corrected chi connectivity index (χ0v) is 17.2. The van der Waals surface area contributed by atoms with E-state index in [1.165, 1.54) is 6.20 Å². The van der Waals surface area contributed by atoms with Crippen molar-refractivity contribution in [1.82, 2.24) is 20.1 Å². The molecule has 1 saturated heterocycles. The van der Waals surface area contributed by atoms with Crippen molar-refractivity contribution in [3.8, 4) is 5.75 Å². The first-order valence-corrected chi connectivity index (χ1v) is 9.88. The number of hydrogen-bond donors (Lipinski definition) is 1. The first-order valence-electron chi connectivity index (χ1n) is 9.12. The summed E-state index contributed by atoms with van der Waals surface area (Å²) in [5.74, 6) is 1.11. The number of ether oxygens (including phenoxy) is 2. The molecule has 3 rings (SSSR count). The molecule has 1 aliphatic rings. The molecule has 0 atom stereocenters. The quantitative estimate of drug-likeness (QED) is 0.620. The van der Waals surface area contributed by atoms with Gasteiger partial charge in [-0.3, -0.25) is 9.59 Å². The molecule has 1 aliphatic heterocycles. The standard InChI is InChI=1S/C18H21Cl2N5O4/c19-13-1-2-15(21-11-13)24-4-6-25(7-5-24)16(26)3-8-28-9-10-29-14-12-22-23-18(27)17(14)20/h1-2,11-12H,3-10H2,(H,23,27). The third-order valence-corrected chi connectivity index (χ3v) is 4.96. The van der Waals surface area contributed by atoms with Crippen LogP contribution >= 0.6 is 23.2 Å². The van der Waals surface area contributed by atoms with Gasteiger partial charge in [0, 0.05) is 32.4 Å². The summed E-state index contributed by atoms with van der Waals surface area (Å²) in [5.41, 5.74) is -0.511. The van der Waals surface area contributed by atoms with E-state index in [9.17, 15) is 9.59 Å². The van der Waals surface area contributed by atoms with Crippen LogP contribution in [0, 0.1) is 0 Å². The first kappa shape index (κ1) is 21.4. The molecule has 29 heavy (non-hydrogen) atoms. The molecule has 156 valence electrons. The third kappa shape index (κ3) is 6.06. The second kappa shape index (κ2) is 10.4. The molecule has 0 unspecified atom stereocenters. The van der Waals surface area contributed by atoms with Gasteiger partial charge in [0.25, 0.3) is 5.56 Å². The monoisotopic (exact) mass is 441 g/mol. The van der Waals surface area contributed by atoms with Crippen LogP contribution in [0.1, 0.15) is 6.42 Å². The Hall–Kier alpha value is -2.36. The second-order valence-corrected chi connectivity index (χ2v) is 7.11. The summed E-state index contributed by atoms with van der Waals surface area (Å²) in [6.45, 7) is 3.49. The lowest BCUT2D eigenvalue weighted by atomic mass is 10.2. The van der Waals surface area contributed by atoms with Crippen LogP contribution in [0.2, 0.25) is 10.0 Å². The van der Waals surface area contributed by atoms with Gasteiger partial charge in [0.15, 0.2) is 10.8 Å². The maximum atomic E-state index is 12.3. The number of hydrogen-bond acceptors (Lipinski definition) is 7. The van der Waals surface area contributed by atoms with Crippen molar-refractivity contribution in [3.05, 3.63) is 44.9 Å². The topological polar surface area (TPSA) is 101 Å². The Balaban J connectivity index is 1.31. The summed E-state index contributed by atoms with van der Waals surface area (Å²) >= 11 is 11.7. The normalized spacial score (nSPS) is 14.1. The first-order chi connectivity index (χ1) is 14.0. The fourth-order valence-corrected chi connectivity index (χ4v) is 3.10. The molecule has 1 amide bonds. The molecule has 1 fully saturated rings. The van der Waals surface area contributed by atoms with Gasteiger partial charge in [-0.1, -0.05) is 23.2 Å². The molecule has 0 aromatic carbocycles. The van der Waals surface area contributed by atoms with E-state index < -0.39 is 5.56 Å². The molecule has 0 radical (unpaired) electrons. The van der Waals surface area contributed by atoms with Gasteiger partial charge < -0.3 is 19.3 Å². The minimum absolute atomic E-state index is 0.0523. The molecule has 9 nitrogen and oxygen atoms in total. The number of nitrogens with zero attached hydrogens (tertiary/aromatic N) is 4. The van der Waals surface area contributed by atoms with Crippen molar-refractivity contribution in [3.63, 3.8) is 0 Å². The Morgan fingerprint density at radius 2 is 1.90 bits per heavy atom. The highest BCUT2D eigenvalue weighted by Gasteiger charge is 2.21. The van der Waals surface area contributed by atoms with E-state index in [0.717, 1.165) is 18.9 Å². The molecule has 3 heterocycles. The number of rotatable bonds is 8. The van der Waals surface area contributed by atoms with Crippen LogP contribution in [-0.2, 0) is 9.53 Å². The molecular weight excluding hydrogens is 421 g/mol. The SMILES string of the molecule is O=C(CCOCCOc1cn[nH]c(=O)c1Cl)N1CCN(c2ccc(Cl)cn2)CC1. The maximum absolute atomic E-state index is 12.3. The number of H-pyrrole nitrogens is 1. The van der Waals surface area contributed by atoms with Crippen LogP contribution in [0.15, 0.2) is 29.3 Å². The van der Waals surface area contributed by atoms with Gasteiger partial charge >= 0.3 is 0 Å². The molecular formula is C18H21Cl2N5O4. The van der Waals surface area contributed by atoms with E-state index in [1.54, 1.807) is 6.20 Å². The number of carbonyl (C=O) groups is 1.